The highest BCUT2D eigenvalue weighted by molar-refractivity contribution is 7.92. The van der Waals surface area contributed by atoms with Crippen LogP contribution in [0, 0.1) is 0 Å². The van der Waals surface area contributed by atoms with Gasteiger partial charge in [-0.1, -0.05) is 6.92 Å². The molecule has 0 aromatic carbocycles. The number of aromatic nitrogens is 3. The monoisotopic (exact) mass is 284 g/mol. The molecule has 9 heteroatoms. The Morgan fingerprint density at radius 1 is 1.42 bits per heavy atom. The third-order valence-corrected chi connectivity index (χ3v) is 3.53. The maximum absolute atomic E-state index is 12.0. The molecule has 0 fully saturated rings. The third kappa shape index (κ3) is 2.99. The van der Waals surface area contributed by atoms with Crippen molar-refractivity contribution in [3.63, 3.8) is 0 Å². The van der Waals surface area contributed by atoms with Gasteiger partial charge in [-0.3, -0.25) is 4.98 Å². The maximum atomic E-state index is 12.0. The predicted octanol–water partition coefficient (Wildman–Crippen LogP) is 0.836. The van der Waals surface area contributed by atoms with Crippen LogP contribution in [-0.2, 0) is 16.4 Å². The molecule has 2 rings (SSSR count). The van der Waals surface area contributed by atoms with Gasteiger partial charge in [-0.2, -0.15) is 4.98 Å². The van der Waals surface area contributed by atoms with Gasteiger partial charge in [-0.05, 0) is 5.16 Å². The number of aryl methyl sites for hydroxylation is 1. The summed E-state index contributed by atoms with van der Waals surface area (Å²) >= 11 is 0. The van der Waals surface area contributed by atoms with E-state index in [0.717, 1.165) is 0 Å². The molecule has 8 nitrogen and oxygen atoms in total. The molecular weight excluding hydrogens is 272 g/mol. The zero-order valence-corrected chi connectivity index (χ0v) is 11.1. The lowest BCUT2D eigenvalue weighted by Crippen LogP contribution is -2.14. The topological polar surface area (TPSA) is 107 Å². The van der Waals surface area contributed by atoms with E-state index in [0.29, 0.717) is 18.1 Å². The molecule has 2 aromatic heterocycles. The number of pyridine rings is 1. The summed E-state index contributed by atoms with van der Waals surface area (Å²) in [6.07, 6.45) is 3.13. The molecule has 2 aromatic rings. The van der Waals surface area contributed by atoms with Crippen LogP contribution in [0.2, 0.25) is 0 Å². The van der Waals surface area contributed by atoms with Crippen LogP contribution in [0.4, 0.5) is 5.95 Å². The van der Waals surface area contributed by atoms with E-state index in [1.807, 2.05) is 6.92 Å². The van der Waals surface area contributed by atoms with Gasteiger partial charge in [-0.15, -0.1) is 0 Å². The number of hydrogen-bond acceptors (Lipinski definition) is 7. The quantitative estimate of drug-likeness (QED) is 0.866. The first-order valence-corrected chi connectivity index (χ1v) is 6.88. The van der Waals surface area contributed by atoms with Crippen molar-refractivity contribution < 1.29 is 17.7 Å². The van der Waals surface area contributed by atoms with Crippen molar-refractivity contribution in [1.82, 2.24) is 15.1 Å². The molecule has 0 aliphatic carbocycles. The van der Waals surface area contributed by atoms with Crippen molar-refractivity contribution in [2.75, 3.05) is 11.8 Å². The Hall–Kier alpha value is -2.16. The van der Waals surface area contributed by atoms with Gasteiger partial charge < -0.3 is 9.26 Å². The minimum absolute atomic E-state index is 0.0466. The molecule has 19 heavy (non-hydrogen) atoms. The standard InChI is InChI=1S/C10H12N4O4S/c1-3-9-12-10(13-18-9)14-19(15,16)8-4-7(17-2)5-11-6-8/h4-6H,3H2,1-2H3,(H,13,14). The summed E-state index contributed by atoms with van der Waals surface area (Å²) < 4.78 is 36.0. The van der Waals surface area contributed by atoms with Gasteiger partial charge in [0.1, 0.15) is 10.6 Å². The SMILES string of the molecule is CCc1nc(NS(=O)(=O)c2cncc(OC)c2)no1. The first-order valence-electron chi connectivity index (χ1n) is 5.39. The van der Waals surface area contributed by atoms with Crippen LogP contribution in [-0.4, -0.2) is 30.7 Å². The first kappa shape index (κ1) is 13.3. The van der Waals surface area contributed by atoms with Crippen molar-refractivity contribution in [1.29, 1.82) is 0 Å². The molecule has 0 amide bonds. The third-order valence-electron chi connectivity index (χ3n) is 2.23. The molecule has 0 radical (unpaired) electrons. The van der Waals surface area contributed by atoms with E-state index in [2.05, 4.69) is 19.8 Å². The first-order chi connectivity index (χ1) is 9.05. The fourth-order valence-electron chi connectivity index (χ4n) is 1.28. The van der Waals surface area contributed by atoms with Gasteiger partial charge in [0.25, 0.3) is 16.0 Å². The van der Waals surface area contributed by atoms with Crippen molar-refractivity contribution in [2.24, 2.45) is 0 Å². The number of sulfonamides is 1. The second-order valence-corrected chi connectivity index (χ2v) is 5.21. The summed E-state index contributed by atoms with van der Waals surface area (Å²) in [5.41, 5.74) is 0. The summed E-state index contributed by atoms with van der Waals surface area (Å²) in [4.78, 5) is 7.59. The Kier molecular flexibility index (Phi) is 3.65. The lowest BCUT2D eigenvalue weighted by molar-refractivity contribution is 0.383. The van der Waals surface area contributed by atoms with Crippen LogP contribution >= 0.6 is 0 Å². The van der Waals surface area contributed by atoms with Crippen LogP contribution in [0.1, 0.15) is 12.8 Å². The summed E-state index contributed by atoms with van der Waals surface area (Å²) in [6.45, 7) is 1.82. The van der Waals surface area contributed by atoms with Crippen LogP contribution in [0.25, 0.3) is 0 Å². The fourth-order valence-corrected chi connectivity index (χ4v) is 2.19. The minimum atomic E-state index is -3.82. The highest BCUT2D eigenvalue weighted by atomic mass is 32.2. The van der Waals surface area contributed by atoms with Gasteiger partial charge in [0, 0.05) is 18.7 Å². The second kappa shape index (κ2) is 5.22. The van der Waals surface area contributed by atoms with Crippen LogP contribution in [0.15, 0.2) is 27.9 Å². The fraction of sp³-hybridized carbons (Fsp3) is 0.300. The van der Waals surface area contributed by atoms with E-state index in [1.165, 1.54) is 25.6 Å². The van der Waals surface area contributed by atoms with E-state index >= 15 is 0 Å². The van der Waals surface area contributed by atoms with Gasteiger partial charge in [0.15, 0.2) is 0 Å². The largest absolute Gasteiger partial charge is 0.495 e. The van der Waals surface area contributed by atoms with E-state index in [9.17, 15) is 8.42 Å². The average molecular weight is 284 g/mol. The summed E-state index contributed by atoms with van der Waals surface area (Å²) in [5.74, 6) is 0.575. The molecule has 0 saturated heterocycles. The van der Waals surface area contributed by atoms with Crippen LogP contribution < -0.4 is 9.46 Å². The van der Waals surface area contributed by atoms with Gasteiger partial charge in [0.2, 0.25) is 5.89 Å². The summed E-state index contributed by atoms with van der Waals surface area (Å²) in [6, 6.07) is 1.34. The van der Waals surface area contributed by atoms with Crippen LogP contribution in [0.3, 0.4) is 0 Å². The highest BCUT2D eigenvalue weighted by Gasteiger charge is 2.18. The number of methoxy groups -OCH3 is 1. The lowest BCUT2D eigenvalue weighted by Gasteiger charge is -2.05. The van der Waals surface area contributed by atoms with E-state index in [-0.39, 0.29) is 10.8 Å². The van der Waals surface area contributed by atoms with Gasteiger partial charge in [-0.25, -0.2) is 13.1 Å². The Morgan fingerprint density at radius 3 is 2.84 bits per heavy atom. The number of hydrogen-bond donors (Lipinski definition) is 1. The molecule has 0 aliphatic heterocycles. The molecule has 0 bridgehead atoms. The van der Waals surface area contributed by atoms with Gasteiger partial charge in [0.05, 0.1) is 13.3 Å². The smallest absolute Gasteiger partial charge is 0.277 e. The average Bonchev–Trinajstić information content (AvgIpc) is 2.85. The molecule has 0 atom stereocenters. The van der Waals surface area contributed by atoms with Gasteiger partial charge >= 0.3 is 0 Å². The summed E-state index contributed by atoms with van der Waals surface area (Å²) in [7, 11) is -2.39. The number of nitrogens with zero attached hydrogens (tertiary/aromatic N) is 3. The van der Waals surface area contributed by atoms with Crippen molar-refractivity contribution in [3.8, 4) is 5.75 Å². The molecule has 2 heterocycles. The minimum Gasteiger partial charge on any atom is -0.495 e. The highest BCUT2D eigenvalue weighted by Crippen LogP contribution is 2.17. The van der Waals surface area contributed by atoms with E-state index in [1.54, 1.807) is 0 Å². The molecule has 0 aliphatic rings. The Morgan fingerprint density at radius 2 is 2.21 bits per heavy atom. The summed E-state index contributed by atoms with van der Waals surface area (Å²) in [5, 5.41) is 3.51. The number of rotatable bonds is 5. The molecule has 0 saturated carbocycles. The van der Waals surface area contributed by atoms with Crippen molar-refractivity contribution in [3.05, 3.63) is 24.4 Å². The number of ether oxygens (including phenoxy) is 1. The Balaban J connectivity index is 2.26. The van der Waals surface area contributed by atoms with Crippen molar-refractivity contribution in [2.45, 2.75) is 18.2 Å². The molecular formula is C10H12N4O4S. The molecule has 1 N–H and O–H groups in total. The maximum Gasteiger partial charge on any atom is 0.277 e. The molecule has 0 spiro atoms. The lowest BCUT2D eigenvalue weighted by atomic mass is 10.5. The number of anilines is 1. The van der Waals surface area contributed by atoms with E-state index in [4.69, 9.17) is 9.26 Å². The van der Waals surface area contributed by atoms with E-state index < -0.39 is 10.0 Å². The predicted molar refractivity (Wildman–Crippen MR) is 65.3 cm³/mol. The Bertz CT molecular complexity index is 668. The number of nitrogens with one attached hydrogen (secondary N) is 1. The van der Waals surface area contributed by atoms with Crippen LogP contribution in [0.5, 0.6) is 5.75 Å². The van der Waals surface area contributed by atoms with Crippen molar-refractivity contribution >= 4 is 16.0 Å². The zero-order chi connectivity index (χ0) is 13.9. The molecule has 0 unspecified atom stereocenters. The second-order valence-electron chi connectivity index (χ2n) is 3.53. The molecule has 102 valence electrons. The zero-order valence-electron chi connectivity index (χ0n) is 10.3. The normalized spacial score (nSPS) is 11.3. The Labute approximate surface area is 109 Å².